The highest BCUT2D eigenvalue weighted by Gasteiger charge is 2.32. The second-order valence-electron chi connectivity index (χ2n) is 5.60. The van der Waals surface area contributed by atoms with E-state index in [2.05, 4.69) is 0 Å². The molecular formula is C16H23NO5. The van der Waals surface area contributed by atoms with Gasteiger partial charge in [-0.1, -0.05) is 6.07 Å². The summed E-state index contributed by atoms with van der Waals surface area (Å²) in [7, 11) is 1.60. The number of hydrogen-bond donors (Lipinski definition) is 2. The molecule has 1 aromatic carbocycles. The molecule has 1 aliphatic rings. The van der Waals surface area contributed by atoms with Crippen molar-refractivity contribution >= 4 is 5.97 Å². The van der Waals surface area contributed by atoms with E-state index in [-0.39, 0.29) is 0 Å². The van der Waals surface area contributed by atoms with Crippen LogP contribution in [0.25, 0.3) is 0 Å². The molecule has 1 heterocycles. The Bertz CT molecular complexity index is 519. The Hall–Kier alpha value is -1.79. The predicted molar refractivity (Wildman–Crippen MR) is 81.4 cm³/mol. The summed E-state index contributed by atoms with van der Waals surface area (Å²) in [5.41, 5.74) is 1.10. The number of benzene rings is 1. The Morgan fingerprint density at radius 2 is 2.18 bits per heavy atom. The van der Waals surface area contributed by atoms with Crippen molar-refractivity contribution in [1.29, 1.82) is 0 Å². The lowest BCUT2D eigenvalue weighted by molar-refractivity contribution is -0.148. The van der Waals surface area contributed by atoms with Crippen LogP contribution < -0.4 is 9.47 Å². The SMILES string of the molecule is COc1cc(C)ccc1OCCN1CC[C@H](O)[C@@H](C(=O)O)C1. The Morgan fingerprint density at radius 1 is 1.41 bits per heavy atom. The molecule has 1 aliphatic heterocycles. The molecule has 2 N–H and O–H groups in total. The molecule has 0 aromatic heterocycles. The number of carbonyl (C=O) groups is 1. The second kappa shape index (κ2) is 7.47. The summed E-state index contributed by atoms with van der Waals surface area (Å²) in [6.45, 7) is 4.08. The average molecular weight is 309 g/mol. The normalized spacial score (nSPS) is 22.3. The Morgan fingerprint density at radius 3 is 2.86 bits per heavy atom. The Labute approximate surface area is 130 Å². The fourth-order valence-corrected chi connectivity index (χ4v) is 2.63. The van der Waals surface area contributed by atoms with Crippen molar-refractivity contribution < 1.29 is 24.5 Å². The number of aliphatic hydroxyl groups excluding tert-OH is 1. The van der Waals surface area contributed by atoms with Gasteiger partial charge < -0.3 is 19.7 Å². The predicted octanol–water partition coefficient (Wildman–Crippen LogP) is 1.15. The van der Waals surface area contributed by atoms with Gasteiger partial charge in [-0.15, -0.1) is 0 Å². The molecule has 1 aromatic rings. The number of hydrogen-bond acceptors (Lipinski definition) is 5. The van der Waals surface area contributed by atoms with Crippen LogP contribution in [-0.4, -0.2) is 60.5 Å². The van der Waals surface area contributed by atoms with E-state index in [1.807, 2.05) is 30.0 Å². The third-order valence-corrected chi connectivity index (χ3v) is 3.96. The number of aryl methyl sites for hydroxylation is 1. The quantitative estimate of drug-likeness (QED) is 0.820. The summed E-state index contributed by atoms with van der Waals surface area (Å²) in [6.07, 6.45) is -0.281. The van der Waals surface area contributed by atoms with Crippen LogP contribution in [-0.2, 0) is 4.79 Å². The minimum absolute atomic E-state index is 0.352. The molecular weight excluding hydrogens is 286 g/mol. The highest BCUT2D eigenvalue weighted by Crippen LogP contribution is 2.27. The molecule has 22 heavy (non-hydrogen) atoms. The van der Waals surface area contributed by atoms with Crippen LogP contribution >= 0.6 is 0 Å². The standard InChI is InChI=1S/C16H23NO5/c1-11-3-4-14(15(9-11)21-2)22-8-7-17-6-5-13(18)12(10-17)16(19)20/h3-4,9,12-13,18H,5-8,10H2,1-2H3,(H,19,20)/t12-,13-/m0/s1. The van der Waals surface area contributed by atoms with Crippen LogP contribution in [0, 0.1) is 12.8 Å². The van der Waals surface area contributed by atoms with Crippen LogP contribution in [0.4, 0.5) is 0 Å². The van der Waals surface area contributed by atoms with Crippen molar-refractivity contribution in [2.75, 3.05) is 33.4 Å². The van der Waals surface area contributed by atoms with E-state index in [4.69, 9.17) is 14.6 Å². The second-order valence-corrected chi connectivity index (χ2v) is 5.60. The molecule has 6 nitrogen and oxygen atoms in total. The highest BCUT2D eigenvalue weighted by atomic mass is 16.5. The topological polar surface area (TPSA) is 79.2 Å². The van der Waals surface area contributed by atoms with Crippen molar-refractivity contribution in [1.82, 2.24) is 4.90 Å². The molecule has 0 unspecified atom stereocenters. The van der Waals surface area contributed by atoms with Gasteiger partial charge in [0.05, 0.1) is 19.1 Å². The largest absolute Gasteiger partial charge is 0.493 e. The number of carboxylic acid groups (broad SMARTS) is 1. The summed E-state index contributed by atoms with van der Waals surface area (Å²) in [6, 6.07) is 5.73. The Kier molecular flexibility index (Phi) is 5.63. The minimum atomic E-state index is -0.946. The number of ether oxygens (including phenoxy) is 2. The molecule has 0 aliphatic carbocycles. The molecule has 2 atom stereocenters. The summed E-state index contributed by atoms with van der Waals surface area (Å²) in [5.74, 6) is -0.293. The lowest BCUT2D eigenvalue weighted by Gasteiger charge is -2.33. The molecule has 0 spiro atoms. The van der Waals surface area contributed by atoms with Gasteiger partial charge in [0.25, 0.3) is 0 Å². The molecule has 122 valence electrons. The summed E-state index contributed by atoms with van der Waals surface area (Å²) in [5, 5.41) is 18.8. The van der Waals surface area contributed by atoms with Gasteiger partial charge in [-0.2, -0.15) is 0 Å². The van der Waals surface area contributed by atoms with Crippen LogP contribution in [0.5, 0.6) is 11.5 Å². The summed E-state index contributed by atoms with van der Waals surface area (Å²) in [4.78, 5) is 13.1. The minimum Gasteiger partial charge on any atom is -0.493 e. The zero-order valence-electron chi connectivity index (χ0n) is 13.0. The van der Waals surface area contributed by atoms with E-state index < -0.39 is 18.0 Å². The van der Waals surface area contributed by atoms with Crippen LogP contribution in [0.1, 0.15) is 12.0 Å². The van der Waals surface area contributed by atoms with Crippen molar-refractivity contribution in [3.63, 3.8) is 0 Å². The van der Waals surface area contributed by atoms with Crippen LogP contribution in [0.15, 0.2) is 18.2 Å². The van der Waals surface area contributed by atoms with Crippen molar-refractivity contribution in [3.05, 3.63) is 23.8 Å². The fourth-order valence-electron chi connectivity index (χ4n) is 2.63. The van der Waals surface area contributed by atoms with E-state index >= 15 is 0 Å². The number of carboxylic acids is 1. The van der Waals surface area contributed by atoms with Gasteiger partial charge in [0.15, 0.2) is 11.5 Å². The first-order valence-electron chi connectivity index (χ1n) is 7.42. The molecule has 0 bridgehead atoms. The van der Waals surface area contributed by atoms with Crippen LogP contribution in [0.2, 0.25) is 0 Å². The van der Waals surface area contributed by atoms with E-state index in [1.54, 1.807) is 7.11 Å². The van der Waals surface area contributed by atoms with Gasteiger partial charge in [0.1, 0.15) is 6.61 Å². The third kappa shape index (κ3) is 4.11. The molecule has 0 amide bonds. The van der Waals surface area contributed by atoms with Gasteiger partial charge in [-0.25, -0.2) is 0 Å². The number of likely N-dealkylation sites (tertiary alicyclic amines) is 1. The fraction of sp³-hybridized carbons (Fsp3) is 0.562. The first-order valence-corrected chi connectivity index (χ1v) is 7.42. The molecule has 1 fully saturated rings. The van der Waals surface area contributed by atoms with Crippen LogP contribution in [0.3, 0.4) is 0 Å². The molecule has 0 radical (unpaired) electrons. The lowest BCUT2D eigenvalue weighted by atomic mass is 9.95. The monoisotopic (exact) mass is 309 g/mol. The van der Waals surface area contributed by atoms with E-state index in [1.165, 1.54) is 0 Å². The number of rotatable bonds is 6. The third-order valence-electron chi connectivity index (χ3n) is 3.96. The highest BCUT2D eigenvalue weighted by molar-refractivity contribution is 5.71. The van der Waals surface area contributed by atoms with Gasteiger partial charge in [-0.05, 0) is 31.0 Å². The molecule has 2 rings (SSSR count). The average Bonchev–Trinajstić information content (AvgIpc) is 2.50. The number of aliphatic hydroxyl groups is 1. The van der Waals surface area contributed by atoms with Crippen molar-refractivity contribution in [2.45, 2.75) is 19.4 Å². The van der Waals surface area contributed by atoms with Gasteiger partial charge >= 0.3 is 5.97 Å². The maximum Gasteiger partial charge on any atom is 0.310 e. The maximum absolute atomic E-state index is 11.1. The van der Waals surface area contributed by atoms with E-state index in [0.717, 1.165) is 5.56 Å². The van der Waals surface area contributed by atoms with Crippen molar-refractivity contribution in [3.8, 4) is 11.5 Å². The van der Waals surface area contributed by atoms with Gasteiger partial charge in [-0.3, -0.25) is 9.69 Å². The summed E-state index contributed by atoms with van der Waals surface area (Å²) < 4.78 is 11.0. The van der Waals surface area contributed by atoms with E-state index in [9.17, 15) is 9.90 Å². The van der Waals surface area contributed by atoms with E-state index in [0.29, 0.717) is 44.2 Å². The number of methoxy groups -OCH3 is 1. The zero-order chi connectivity index (χ0) is 16.1. The Balaban J connectivity index is 1.85. The smallest absolute Gasteiger partial charge is 0.310 e. The molecule has 6 heteroatoms. The van der Waals surface area contributed by atoms with Crippen molar-refractivity contribution in [2.24, 2.45) is 5.92 Å². The number of piperidine rings is 1. The first kappa shape index (κ1) is 16.6. The number of aliphatic carboxylic acids is 1. The first-order chi connectivity index (χ1) is 10.5. The van der Waals surface area contributed by atoms with Gasteiger partial charge in [0, 0.05) is 19.6 Å². The summed E-state index contributed by atoms with van der Waals surface area (Å²) >= 11 is 0. The molecule has 0 saturated carbocycles. The number of nitrogens with zero attached hydrogens (tertiary/aromatic N) is 1. The molecule has 1 saturated heterocycles. The maximum atomic E-state index is 11.1. The lowest BCUT2D eigenvalue weighted by Crippen LogP contribution is -2.47. The van der Waals surface area contributed by atoms with Gasteiger partial charge in [0.2, 0.25) is 0 Å². The zero-order valence-corrected chi connectivity index (χ0v) is 13.0.